The van der Waals surface area contributed by atoms with E-state index in [9.17, 15) is 14.4 Å². The quantitative estimate of drug-likeness (QED) is 0.542. The average molecular weight is 421 g/mol. The van der Waals surface area contributed by atoms with Crippen LogP contribution in [0.5, 0.6) is 0 Å². The highest BCUT2D eigenvalue weighted by molar-refractivity contribution is 6.04. The monoisotopic (exact) mass is 421 g/mol. The molecule has 2 aromatic carbocycles. The Morgan fingerprint density at radius 3 is 2.39 bits per heavy atom. The fourth-order valence-corrected chi connectivity index (χ4v) is 2.76. The van der Waals surface area contributed by atoms with Crippen LogP contribution in [0.25, 0.3) is 0 Å². The van der Waals surface area contributed by atoms with Crippen molar-refractivity contribution in [2.45, 2.75) is 6.54 Å². The van der Waals surface area contributed by atoms with E-state index in [4.69, 9.17) is 9.15 Å². The Hall–Kier alpha value is -4.07. The molecule has 0 aliphatic carbocycles. The maximum absolute atomic E-state index is 12.5. The van der Waals surface area contributed by atoms with Crippen LogP contribution in [0.15, 0.2) is 71.3 Å². The highest BCUT2D eigenvalue weighted by Crippen LogP contribution is 2.16. The van der Waals surface area contributed by atoms with Gasteiger partial charge in [0.2, 0.25) is 0 Å². The van der Waals surface area contributed by atoms with E-state index in [0.29, 0.717) is 17.0 Å². The number of ether oxygens (including phenoxy) is 1. The Morgan fingerprint density at radius 2 is 1.71 bits per heavy atom. The molecule has 1 aromatic heterocycles. The molecule has 8 heteroatoms. The summed E-state index contributed by atoms with van der Waals surface area (Å²) in [5.74, 6) is -0.917. The van der Waals surface area contributed by atoms with Crippen LogP contribution in [0.4, 0.5) is 11.4 Å². The number of anilines is 2. The maximum Gasteiger partial charge on any atom is 0.338 e. The second-order valence-corrected chi connectivity index (χ2v) is 6.87. The molecule has 0 aliphatic rings. The van der Waals surface area contributed by atoms with E-state index < -0.39 is 18.5 Å². The third-order valence-electron chi connectivity index (χ3n) is 4.40. The van der Waals surface area contributed by atoms with Crippen LogP contribution in [0.3, 0.4) is 0 Å². The Balaban J connectivity index is 1.55. The molecule has 8 nitrogen and oxygen atoms in total. The molecule has 0 radical (unpaired) electrons. The van der Waals surface area contributed by atoms with E-state index in [1.165, 1.54) is 6.26 Å². The summed E-state index contributed by atoms with van der Waals surface area (Å²) in [5, 5.41) is 5.33. The lowest BCUT2D eigenvalue weighted by atomic mass is 10.1. The van der Waals surface area contributed by atoms with Crippen molar-refractivity contribution in [3.8, 4) is 0 Å². The lowest BCUT2D eigenvalue weighted by Crippen LogP contribution is -2.26. The summed E-state index contributed by atoms with van der Waals surface area (Å²) in [7, 11) is 3.79. The molecular formula is C23H23N3O5. The van der Waals surface area contributed by atoms with Crippen molar-refractivity contribution in [2.75, 3.05) is 30.9 Å². The first-order valence-electron chi connectivity index (χ1n) is 9.58. The van der Waals surface area contributed by atoms with E-state index >= 15 is 0 Å². The van der Waals surface area contributed by atoms with Gasteiger partial charge in [0.25, 0.3) is 11.8 Å². The zero-order valence-corrected chi connectivity index (χ0v) is 17.3. The first-order chi connectivity index (χ1) is 14.9. The zero-order chi connectivity index (χ0) is 22.2. The second-order valence-electron chi connectivity index (χ2n) is 6.87. The maximum atomic E-state index is 12.5. The summed E-state index contributed by atoms with van der Waals surface area (Å²) in [4.78, 5) is 38.8. The predicted molar refractivity (Wildman–Crippen MR) is 116 cm³/mol. The summed E-state index contributed by atoms with van der Waals surface area (Å²) in [6, 6.07) is 16.9. The largest absolute Gasteiger partial charge is 0.467 e. The first kappa shape index (κ1) is 21.6. The van der Waals surface area contributed by atoms with Gasteiger partial charge in [-0.1, -0.05) is 12.1 Å². The number of rotatable bonds is 8. The van der Waals surface area contributed by atoms with Crippen LogP contribution in [0, 0.1) is 0 Å². The number of nitrogens with zero attached hydrogens (tertiary/aromatic N) is 1. The smallest absolute Gasteiger partial charge is 0.338 e. The molecule has 31 heavy (non-hydrogen) atoms. The third kappa shape index (κ3) is 5.96. The number of hydrogen-bond donors (Lipinski definition) is 2. The van der Waals surface area contributed by atoms with Gasteiger partial charge in [-0.2, -0.15) is 0 Å². The van der Waals surface area contributed by atoms with Crippen LogP contribution in [-0.4, -0.2) is 38.5 Å². The minimum Gasteiger partial charge on any atom is -0.467 e. The van der Waals surface area contributed by atoms with Gasteiger partial charge in [-0.25, -0.2) is 4.79 Å². The van der Waals surface area contributed by atoms with E-state index in [1.54, 1.807) is 60.7 Å². The van der Waals surface area contributed by atoms with Crippen molar-refractivity contribution in [1.82, 2.24) is 5.32 Å². The van der Waals surface area contributed by atoms with Gasteiger partial charge >= 0.3 is 5.97 Å². The Bertz CT molecular complexity index is 1040. The summed E-state index contributed by atoms with van der Waals surface area (Å²) in [5.41, 5.74) is 1.89. The molecule has 0 unspecified atom stereocenters. The predicted octanol–water partition coefficient (Wildman–Crippen LogP) is 3.07. The van der Waals surface area contributed by atoms with Gasteiger partial charge < -0.3 is 24.7 Å². The Labute approximate surface area is 179 Å². The van der Waals surface area contributed by atoms with Crippen molar-refractivity contribution in [2.24, 2.45) is 0 Å². The summed E-state index contributed by atoms with van der Waals surface area (Å²) in [6.45, 7) is -0.255. The Kier molecular flexibility index (Phi) is 7.05. The molecule has 3 rings (SSSR count). The van der Waals surface area contributed by atoms with Crippen molar-refractivity contribution in [3.05, 3.63) is 83.8 Å². The molecule has 1 heterocycles. The number of amides is 2. The molecule has 0 aliphatic heterocycles. The minimum absolute atomic E-state index is 0.221. The highest BCUT2D eigenvalue weighted by Gasteiger charge is 2.15. The molecule has 2 N–H and O–H groups in total. The molecule has 0 atom stereocenters. The molecule has 0 saturated heterocycles. The van der Waals surface area contributed by atoms with Crippen molar-refractivity contribution in [1.29, 1.82) is 0 Å². The topological polar surface area (TPSA) is 101 Å². The number of hydrogen-bond acceptors (Lipinski definition) is 6. The third-order valence-corrected chi connectivity index (χ3v) is 4.40. The molecule has 3 aromatic rings. The van der Waals surface area contributed by atoms with Gasteiger partial charge in [0, 0.05) is 19.8 Å². The van der Waals surface area contributed by atoms with Gasteiger partial charge in [-0.05, 0) is 48.5 Å². The lowest BCUT2D eigenvalue weighted by molar-refractivity contribution is -0.119. The van der Waals surface area contributed by atoms with Crippen molar-refractivity contribution >= 4 is 29.2 Å². The van der Waals surface area contributed by atoms with Gasteiger partial charge in [0.1, 0.15) is 5.76 Å². The summed E-state index contributed by atoms with van der Waals surface area (Å²) in [6.07, 6.45) is 1.52. The highest BCUT2D eigenvalue weighted by atomic mass is 16.5. The molecule has 0 saturated carbocycles. The number of furan rings is 1. The minimum atomic E-state index is -0.607. The van der Waals surface area contributed by atoms with Crippen LogP contribution >= 0.6 is 0 Å². The zero-order valence-electron chi connectivity index (χ0n) is 17.3. The van der Waals surface area contributed by atoms with E-state index in [0.717, 1.165) is 5.69 Å². The first-order valence-corrected chi connectivity index (χ1v) is 9.58. The van der Waals surface area contributed by atoms with E-state index in [2.05, 4.69) is 10.6 Å². The molecule has 0 bridgehead atoms. The molecule has 0 spiro atoms. The fraction of sp³-hybridized carbons (Fsp3) is 0.174. The van der Waals surface area contributed by atoms with E-state index in [-0.39, 0.29) is 18.0 Å². The van der Waals surface area contributed by atoms with Gasteiger partial charge in [-0.3, -0.25) is 9.59 Å². The summed E-state index contributed by atoms with van der Waals surface area (Å²) < 4.78 is 10.3. The summed E-state index contributed by atoms with van der Waals surface area (Å²) >= 11 is 0. The number of nitrogens with one attached hydrogen (secondary N) is 2. The lowest BCUT2D eigenvalue weighted by Gasteiger charge is -2.13. The molecule has 2 amide bonds. The number of benzene rings is 2. The van der Waals surface area contributed by atoms with Crippen LogP contribution < -0.4 is 15.5 Å². The molecule has 0 fully saturated rings. The van der Waals surface area contributed by atoms with Crippen molar-refractivity contribution in [3.63, 3.8) is 0 Å². The van der Waals surface area contributed by atoms with Gasteiger partial charge in [0.05, 0.1) is 29.6 Å². The van der Waals surface area contributed by atoms with Gasteiger partial charge in [0.15, 0.2) is 6.61 Å². The van der Waals surface area contributed by atoms with Gasteiger partial charge in [-0.15, -0.1) is 0 Å². The van der Waals surface area contributed by atoms with Crippen molar-refractivity contribution < 1.29 is 23.5 Å². The second kappa shape index (κ2) is 10.1. The SMILES string of the molecule is CN(C)c1ccc(C(=O)OCC(=O)Nc2ccccc2C(=O)NCc2ccco2)cc1. The number of carbonyl (C=O) groups excluding carboxylic acids is 3. The Morgan fingerprint density at radius 1 is 0.968 bits per heavy atom. The number of para-hydroxylation sites is 1. The number of carbonyl (C=O) groups is 3. The number of esters is 1. The van der Waals surface area contributed by atoms with Crippen LogP contribution in [-0.2, 0) is 16.1 Å². The van der Waals surface area contributed by atoms with E-state index in [1.807, 2.05) is 19.0 Å². The standard InChI is InChI=1S/C23H23N3O5/c1-26(2)17-11-9-16(10-12-17)23(29)31-15-21(27)25-20-8-4-3-7-19(20)22(28)24-14-18-6-5-13-30-18/h3-13H,14-15H2,1-2H3,(H,24,28)(H,25,27). The normalized spacial score (nSPS) is 10.3. The van der Waals surface area contributed by atoms with Crippen LogP contribution in [0.1, 0.15) is 26.5 Å². The average Bonchev–Trinajstić information content (AvgIpc) is 3.30. The molecular weight excluding hydrogens is 398 g/mol. The van der Waals surface area contributed by atoms with Crippen LogP contribution in [0.2, 0.25) is 0 Å². The fourth-order valence-electron chi connectivity index (χ4n) is 2.76. The molecule has 160 valence electrons.